The van der Waals surface area contributed by atoms with E-state index in [4.69, 9.17) is 60.8 Å². The summed E-state index contributed by atoms with van der Waals surface area (Å²) in [6.45, 7) is 15.6. The van der Waals surface area contributed by atoms with Crippen molar-refractivity contribution < 1.29 is 65.5 Å². The van der Waals surface area contributed by atoms with Gasteiger partial charge in [0.25, 0.3) is 0 Å². The van der Waals surface area contributed by atoms with Gasteiger partial charge in [0, 0.05) is 45.2 Å². The number of esters is 1. The molecule has 9 atom stereocenters. The first kappa shape index (κ1) is 52.8. The van der Waals surface area contributed by atoms with Crippen LogP contribution in [0, 0.1) is 28.6 Å². The molecule has 0 aliphatic carbocycles. The molecule has 0 bridgehead atoms. The molecule has 0 saturated carbocycles. The lowest BCUT2D eigenvalue weighted by Crippen LogP contribution is -2.51. The molecule has 18 heteroatoms. The highest BCUT2D eigenvalue weighted by molar-refractivity contribution is 7.26. The molecule has 1 fully saturated rings. The largest absolute Gasteiger partial charge is 0.462 e. The molecule has 15 nitrogen and oxygen atoms in total. The number of hydrogen-bond acceptors (Lipinski definition) is 15. The fraction of sp³-hybridized carbons (Fsp3) is 0.946. The molecule has 0 aromatic carbocycles. The first-order valence-corrected chi connectivity index (χ1v) is 22.4. The molecule has 0 radical (unpaired) electrons. The summed E-state index contributed by atoms with van der Waals surface area (Å²) in [6.07, 6.45) is 7.57. The summed E-state index contributed by atoms with van der Waals surface area (Å²) in [5, 5.41) is 18.9. The van der Waals surface area contributed by atoms with E-state index < -0.39 is 5.41 Å². The van der Waals surface area contributed by atoms with E-state index in [2.05, 4.69) is 20.8 Å². The third kappa shape index (κ3) is 27.2. The van der Waals surface area contributed by atoms with Crippen molar-refractivity contribution in [3.05, 3.63) is 0 Å². The summed E-state index contributed by atoms with van der Waals surface area (Å²) in [5.41, 5.74) is -0.707. The number of hydrogen-bond donors (Lipinski definition) is 1. The zero-order valence-electron chi connectivity index (χ0n) is 34.1. The Morgan fingerprint density at radius 2 is 1.18 bits per heavy atom. The minimum atomic E-state index is -0.707. The molecule has 0 amide bonds. The number of carbonyl (C=O) groups excluding carboxylic acids is 1. The van der Waals surface area contributed by atoms with Crippen molar-refractivity contribution in [1.82, 2.24) is 0 Å². The molecule has 0 aromatic rings. The second kappa shape index (κ2) is 36.8. The number of nitriles is 1. The molecule has 324 valence electrons. The van der Waals surface area contributed by atoms with Crippen LogP contribution in [-0.2, 0) is 60.4 Å². The van der Waals surface area contributed by atoms with Crippen molar-refractivity contribution in [2.75, 3.05) is 92.5 Å². The van der Waals surface area contributed by atoms with E-state index >= 15 is 0 Å². The zero-order chi connectivity index (χ0) is 40.2. The smallest absolute Gasteiger partial charge is 0.302 e. The van der Waals surface area contributed by atoms with Gasteiger partial charge in [-0.3, -0.25) is 4.79 Å². The van der Waals surface area contributed by atoms with E-state index in [1.165, 1.54) is 6.92 Å². The number of ether oxygens (including phenoxy) is 6. The van der Waals surface area contributed by atoms with Gasteiger partial charge < -0.3 is 60.7 Å². The molecule has 0 spiro atoms. The first-order chi connectivity index (χ1) is 26.8. The van der Waals surface area contributed by atoms with Crippen LogP contribution in [0.25, 0.3) is 0 Å². The molecule has 1 aliphatic rings. The fourth-order valence-electron chi connectivity index (χ4n) is 5.56. The third-order valence-electron chi connectivity index (χ3n) is 8.63. The Balaban J connectivity index is 2.20. The van der Waals surface area contributed by atoms with Crippen LogP contribution in [0.1, 0.15) is 98.8 Å². The Bertz CT molecular complexity index is 942. The van der Waals surface area contributed by atoms with Crippen molar-refractivity contribution in [3.8, 4) is 6.07 Å². The molecule has 55 heavy (non-hydrogen) atoms. The van der Waals surface area contributed by atoms with Crippen molar-refractivity contribution in [2.45, 2.75) is 117 Å². The van der Waals surface area contributed by atoms with Crippen LogP contribution in [0.4, 0.5) is 0 Å². The van der Waals surface area contributed by atoms with Crippen LogP contribution in [-0.4, -0.2) is 122 Å². The van der Waals surface area contributed by atoms with Crippen LogP contribution in [0.5, 0.6) is 0 Å². The Kier molecular flexibility index (Phi) is 35.3. The molecule has 7 unspecified atom stereocenters. The monoisotopic (exact) mass is 847 g/mol. The van der Waals surface area contributed by atoms with E-state index in [9.17, 15) is 9.90 Å². The molecule has 1 aliphatic heterocycles. The van der Waals surface area contributed by atoms with Gasteiger partial charge in [-0.05, 0) is 44.9 Å². The van der Waals surface area contributed by atoms with Gasteiger partial charge in [0.2, 0.25) is 0 Å². The van der Waals surface area contributed by atoms with Crippen LogP contribution in [0.2, 0.25) is 0 Å². The summed E-state index contributed by atoms with van der Waals surface area (Å²) in [5.74, 6) is -0.159. The van der Waals surface area contributed by atoms with E-state index in [0.29, 0.717) is 91.8 Å². The van der Waals surface area contributed by atoms with Crippen molar-refractivity contribution in [1.29, 1.82) is 5.26 Å². The number of unbranched alkanes of at least 4 members (excludes halogenated alkanes) is 3. The quantitative estimate of drug-likeness (QED) is 0.0379. The second-order valence-electron chi connectivity index (χ2n) is 13.7. The van der Waals surface area contributed by atoms with E-state index in [-0.39, 0.29) is 89.8 Å². The average molecular weight is 848 g/mol. The summed E-state index contributed by atoms with van der Waals surface area (Å²) < 4.78 is 68.5. The topological polar surface area (TPSA) is 172 Å². The Hall–Kier alpha value is -0.230. The van der Waals surface area contributed by atoms with Gasteiger partial charge in [0.05, 0.1) is 90.1 Å². The van der Waals surface area contributed by atoms with Gasteiger partial charge in [0.1, 0.15) is 6.10 Å². The maximum atomic E-state index is 11.6. The van der Waals surface area contributed by atoms with Gasteiger partial charge in [-0.1, -0.05) is 40.5 Å². The number of carbonyl (C=O) groups is 1. The fourth-order valence-corrected chi connectivity index (χ4v) is 7.19. The SMILES string of the molecule is CCCOPOCCCOCC(CO)(COCCCOPOCCC#N)COCCCOPOCCCCCCO[C@@H]1OC(CC)[C@H](C)C(OC(C)=O)C1C. The number of aliphatic hydroxyl groups is 1. The van der Waals surface area contributed by atoms with Gasteiger partial charge in [-0.2, -0.15) is 5.26 Å². The van der Waals surface area contributed by atoms with Crippen LogP contribution >= 0.6 is 27.1 Å². The second-order valence-corrected chi connectivity index (χ2v) is 15.9. The zero-order valence-corrected chi connectivity index (χ0v) is 37.1. The van der Waals surface area contributed by atoms with E-state index in [1.54, 1.807) is 0 Å². The van der Waals surface area contributed by atoms with E-state index in [0.717, 1.165) is 38.5 Å². The molecule has 1 heterocycles. The average Bonchev–Trinajstić information content (AvgIpc) is 3.18. The molecule has 1 N–H and O–H groups in total. The minimum Gasteiger partial charge on any atom is -0.462 e. The standard InChI is InChI=1S/C37H72NO14P3/c1-6-17-45-53-48-24-13-18-41-28-37(27-39,30-43-20-15-26-50-55-47-23-12-16-38)29-42-19-14-25-49-54-46-22-11-9-8-10-21-44-36-32(4)35(51-33(5)40)31(3)34(7-2)52-36/h31-32,34-36,39,53-55H,6-15,17-30H2,1-5H3/t31-,32?,34?,35?,36+,37?/m0/s1. The third-order valence-corrected chi connectivity index (χ3v) is 10.6. The van der Waals surface area contributed by atoms with Crippen molar-refractivity contribution in [3.63, 3.8) is 0 Å². The molecular formula is C37H72NO14P3. The summed E-state index contributed by atoms with van der Waals surface area (Å²) in [6, 6.07) is 2.02. The highest BCUT2D eigenvalue weighted by atomic mass is 31.1. The lowest BCUT2D eigenvalue weighted by molar-refractivity contribution is -0.265. The summed E-state index contributed by atoms with van der Waals surface area (Å²) in [7, 11) is -0.0929. The first-order valence-electron chi connectivity index (χ1n) is 19.9. The van der Waals surface area contributed by atoms with Crippen LogP contribution < -0.4 is 0 Å². The lowest BCUT2D eigenvalue weighted by atomic mass is 9.84. The molecule has 1 saturated heterocycles. The van der Waals surface area contributed by atoms with Gasteiger partial charge in [0.15, 0.2) is 33.4 Å². The number of nitrogens with zero attached hydrogens (tertiary/aromatic N) is 1. The van der Waals surface area contributed by atoms with Gasteiger partial charge >= 0.3 is 5.97 Å². The van der Waals surface area contributed by atoms with Crippen LogP contribution in [0.15, 0.2) is 0 Å². The minimum absolute atomic E-state index is 0.00862. The summed E-state index contributed by atoms with van der Waals surface area (Å²) in [4.78, 5) is 11.6. The van der Waals surface area contributed by atoms with Crippen molar-refractivity contribution >= 4 is 33.1 Å². The van der Waals surface area contributed by atoms with Crippen LogP contribution in [0.3, 0.4) is 0 Å². The maximum absolute atomic E-state index is 11.6. The predicted molar refractivity (Wildman–Crippen MR) is 214 cm³/mol. The predicted octanol–water partition coefficient (Wildman–Crippen LogP) is 7.05. The normalized spacial score (nSPS) is 21.7. The highest BCUT2D eigenvalue weighted by Gasteiger charge is 2.43. The Morgan fingerprint density at radius 1 is 0.691 bits per heavy atom. The summed E-state index contributed by atoms with van der Waals surface area (Å²) >= 11 is 0. The highest BCUT2D eigenvalue weighted by Crippen LogP contribution is 2.34. The van der Waals surface area contributed by atoms with Gasteiger partial charge in [-0.25, -0.2) is 0 Å². The van der Waals surface area contributed by atoms with E-state index in [1.807, 2.05) is 13.0 Å². The Labute approximate surface area is 336 Å². The molecule has 1 rings (SSSR count). The molecule has 0 aromatic heterocycles. The maximum Gasteiger partial charge on any atom is 0.302 e. The number of rotatable bonds is 39. The van der Waals surface area contributed by atoms with Gasteiger partial charge in [-0.15, -0.1) is 0 Å². The molecular weight excluding hydrogens is 775 g/mol. The lowest BCUT2D eigenvalue weighted by Gasteiger charge is -2.43. The van der Waals surface area contributed by atoms with Crippen molar-refractivity contribution in [2.24, 2.45) is 17.3 Å². The Morgan fingerprint density at radius 3 is 1.65 bits per heavy atom. The number of aliphatic hydroxyl groups excluding tert-OH is 1.